The Bertz CT molecular complexity index is 2040. The number of aryl methyl sites for hydroxylation is 1. The smallest absolute Gasteiger partial charge is 0.416 e. The maximum absolute atomic E-state index is 14.1. The van der Waals surface area contributed by atoms with Gasteiger partial charge in [-0.15, -0.1) is 5.10 Å². The Hall–Kier alpha value is -4.96. The monoisotopic (exact) mass is 700 g/mol. The van der Waals surface area contributed by atoms with E-state index >= 15 is 0 Å². The number of carbonyl (C=O) groups is 2. The lowest BCUT2D eigenvalue weighted by Gasteiger charge is -2.36. The number of aromatic hydroxyl groups is 1. The summed E-state index contributed by atoms with van der Waals surface area (Å²) in [7, 11) is 0. The highest BCUT2D eigenvalue weighted by atomic mass is 35.5. The van der Waals surface area contributed by atoms with Crippen molar-refractivity contribution in [2.45, 2.75) is 39.4 Å². The number of nitrogens with one attached hydrogen (secondary N) is 1. The van der Waals surface area contributed by atoms with Crippen LogP contribution in [0.5, 0.6) is 5.75 Å². The highest BCUT2D eigenvalue weighted by Gasteiger charge is 2.32. The van der Waals surface area contributed by atoms with E-state index in [0.29, 0.717) is 37.6 Å². The Balaban J connectivity index is 1.35. The van der Waals surface area contributed by atoms with Crippen LogP contribution in [-0.4, -0.2) is 85.4 Å². The van der Waals surface area contributed by atoms with Gasteiger partial charge in [0.2, 0.25) is 11.7 Å². The largest absolute Gasteiger partial charge is 0.504 e. The third kappa shape index (κ3) is 6.70. The molecule has 0 aliphatic carbocycles. The molecule has 49 heavy (non-hydrogen) atoms. The molecule has 0 saturated carbocycles. The van der Waals surface area contributed by atoms with Crippen LogP contribution in [-0.2, 0) is 28.7 Å². The average Bonchev–Trinajstić information content (AvgIpc) is 3.54. The predicted octanol–water partition coefficient (Wildman–Crippen LogP) is 3.94. The summed E-state index contributed by atoms with van der Waals surface area (Å²) in [6.45, 7) is 4.65. The average molecular weight is 701 g/mol. The number of fused-ring (bicyclic) bond motifs is 1. The fourth-order valence-electron chi connectivity index (χ4n) is 5.98. The first-order valence-corrected chi connectivity index (χ1v) is 15.9. The molecule has 4 aromatic rings. The SMILES string of the molecule is CCc1c(N2CCN(C(=O)c3nccc(Cl)c3O)CC2)c(=O)n2nc(C3=CCOCC3)nc2n1CC(=O)Nc1ccc(C(F)(F)F)cc1C. The molecule has 2 N–H and O–H groups in total. The number of ether oxygens (including phenoxy) is 1. The molecule has 0 spiro atoms. The first kappa shape index (κ1) is 33.9. The maximum Gasteiger partial charge on any atom is 0.416 e. The van der Waals surface area contributed by atoms with Crippen molar-refractivity contribution in [1.82, 2.24) is 29.0 Å². The molecule has 1 saturated heterocycles. The van der Waals surface area contributed by atoms with Gasteiger partial charge in [-0.1, -0.05) is 24.6 Å². The van der Waals surface area contributed by atoms with Crippen LogP contribution < -0.4 is 15.8 Å². The van der Waals surface area contributed by atoms with Gasteiger partial charge in [-0.05, 0) is 55.2 Å². The zero-order valence-corrected chi connectivity index (χ0v) is 27.3. The summed E-state index contributed by atoms with van der Waals surface area (Å²) in [6.07, 6.45) is -0.531. The minimum absolute atomic E-state index is 0.000311. The fraction of sp³-hybridized carbons (Fsp3) is 0.375. The van der Waals surface area contributed by atoms with E-state index in [0.717, 1.165) is 22.2 Å². The maximum atomic E-state index is 14.1. The van der Waals surface area contributed by atoms with Crippen molar-refractivity contribution in [2.24, 2.45) is 0 Å². The van der Waals surface area contributed by atoms with Crippen LogP contribution in [0.4, 0.5) is 24.5 Å². The van der Waals surface area contributed by atoms with Crippen LogP contribution in [0.1, 0.15) is 46.5 Å². The van der Waals surface area contributed by atoms with E-state index < -0.39 is 34.9 Å². The number of hydrogen-bond donors (Lipinski definition) is 2. The molecule has 13 nitrogen and oxygen atoms in total. The number of aromatic nitrogens is 5. The number of hydrogen-bond acceptors (Lipinski definition) is 9. The van der Waals surface area contributed by atoms with Crippen LogP contribution in [0.25, 0.3) is 11.4 Å². The Kier molecular flexibility index (Phi) is 9.35. The van der Waals surface area contributed by atoms with Gasteiger partial charge in [0.1, 0.15) is 12.2 Å². The summed E-state index contributed by atoms with van der Waals surface area (Å²) in [5.74, 6) is -1.03. The van der Waals surface area contributed by atoms with Gasteiger partial charge in [-0.2, -0.15) is 22.7 Å². The molecule has 3 aromatic heterocycles. The molecule has 1 fully saturated rings. The van der Waals surface area contributed by atoms with Crippen molar-refractivity contribution in [2.75, 3.05) is 49.6 Å². The molecule has 0 radical (unpaired) electrons. The molecule has 0 atom stereocenters. The number of nitrogens with zero attached hydrogens (tertiary/aromatic N) is 7. The van der Waals surface area contributed by atoms with Gasteiger partial charge in [-0.25, -0.2) is 4.98 Å². The summed E-state index contributed by atoms with van der Waals surface area (Å²) < 4.78 is 47.8. The first-order valence-electron chi connectivity index (χ1n) is 15.5. The number of benzene rings is 1. The normalized spacial score (nSPS) is 15.4. The van der Waals surface area contributed by atoms with Gasteiger partial charge in [0.25, 0.3) is 11.5 Å². The quantitative estimate of drug-likeness (QED) is 0.293. The van der Waals surface area contributed by atoms with Crippen LogP contribution >= 0.6 is 11.6 Å². The summed E-state index contributed by atoms with van der Waals surface area (Å²) >= 11 is 5.98. The summed E-state index contributed by atoms with van der Waals surface area (Å²) in [5.41, 5.74) is 0.540. The molecule has 17 heteroatoms. The summed E-state index contributed by atoms with van der Waals surface area (Å²) in [5, 5.41) is 17.5. The van der Waals surface area contributed by atoms with Crippen molar-refractivity contribution in [3.05, 3.63) is 80.3 Å². The van der Waals surface area contributed by atoms with Crippen molar-refractivity contribution in [1.29, 1.82) is 0 Å². The number of carbonyl (C=O) groups excluding carboxylic acids is 2. The third-order valence-electron chi connectivity index (χ3n) is 8.50. The van der Waals surface area contributed by atoms with Gasteiger partial charge in [0, 0.05) is 38.1 Å². The Labute approximate surface area is 282 Å². The summed E-state index contributed by atoms with van der Waals surface area (Å²) in [4.78, 5) is 52.8. The summed E-state index contributed by atoms with van der Waals surface area (Å²) in [6, 6.07) is 4.44. The lowest BCUT2D eigenvalue weighted by Crippen LogP contribution is -2.51. The molecule has 6 rings (SSSR count). The number of alkyl halides is 3. The topological polar surface area (TPSA) is 147 Å². The zero-order valence-electron chi connectivity index (χ0n) is 26.6. The molecular weight excluding hydrogens is 669 g/mol. The molecule has 2 aliphatic rings. The van der Waals surface area contributed by atoms with Crippen LogP contribution in [0.2, 0.25) is 5.02 Å². The lowest BCUT2D eigenvalue weighted by molar-refractivity contribution is -0.137. The molecule has 0 unspecified atom stereocenters. The number of anilines is 2. The molecule has 2 aliphatic heterocycles. The van der Waals surface area contributed by atoms with E-state index in [1.807, 2.05) is 17.9 Å². The second-order valence-electron chi connectivity index (χ2n) is 11.6. The van der Waals surface area contributed by atoms with Crippen LogP contribution in [0, 0.1) is 6.92 Å². The van der Waals surface area contributed by atoms with E-state index in [1.165, 1.54) is 30.2 Å². The van der Waals surface area contributed by atoms with Gasteiger partial charge in [0.15, 0.2) is 17.3 Å². The highest BCUT2D eigenvalue weighted by molar-refractivity contribution is 6.32. The Morgan fingerprint density at radius 1 is 1.14 bits per heavy atom. The lowest BCUT2D eigenvalue weighted by atomic mass is 10.1. The van der Waals surface area contributed by atoms with Crippen molar-refractivity contribution in [3.63, 3.8) is 0 Å². The standard InChI is InChI=1S/C32H32ClF3N8O5/c1-3-23-26(41-10-12-42(13-11-41)29(47)25-27(46)21(33)6-9-37-25)30(48)44-31(39-28(40-44)19-7-14-49-15-8-19)43(23)17-24(45)38-22-5-4-20(16-18(22)2)32(34,35)36/h4-7,9,16,46H,3,8,10-15,17H2,1-2H3,(H,38,45). The number of piperazine rings is 1. The van der Waals surface area contributed by atoms with E-state index in [-0.39, 0.29) is 66.2 Å². The van der Waals surface area contributed by atoms with Gasteiger partial charge >= 0.3 is 6.18 Å². The number of rotatable bonds is 7. The molecular formula is C32H32ClF3N8O5. The minimum atomic E-state index is -4.53. The molecule has 2 amide bonds. The second-order valence-corrected chi connectivity index (χ2v) is 12.0. The van der Waals surface area contributed by atoms with E-state index in [9.17, 15) is 32.7 Å². The number of amides is 2. The van der Waals surface area contributed by atoms with Gasteiger partial charge in [-0.3, -0.25) is 14.4 Å². The van der Waals surface area contributed by atoms with E-state index in [4.69, 9.17) is 16.3 Å². The molecule has 0 bridgehead atoms. The highest BCUT2D eigenvalue weighted by Crippen LogP contribution is 2.32. The molecule has 5 heterocycles. The van der Waals surface area contributed by atoms with Gasteiger partial charge in [0.05, 0.1) is 29.5 Å². The Morgan fingerprint density at radius 3 is 2.55 bits per heavy atom. The molecule has 258 valence electrons. The number of pyridine rings is 1. The predicted molar refractivity (Wildman–Crippen MR) is 174 cm³/mol. The fourth-order valence-corrected chi connectivity index (χ4v) is 6.12. The second kappa shape index (κ2) is 13.5. The van der Waals surface area contributed by atoms with Gasteiger partial charge < -0.3 is 29.5 Å². The first-order chi connectivity index (χ1) is 23.4. The molecule has 1 aromatic carbocycles. The minimum Gasteiger partial charge on any atom is -0.504 e. The van der Waals surface area contributed by atoms with E-state index in [1.54, 1.807) is 4.57 Å². The van der Waals surface area contributed by atoms with Crippen LogP contribution in [0.3, 0.4) is 0 Å². The number of halogens is 4. The van der Waals surface area contributed by atoms with Crippen molar-refractivity contribution < 1.29 is 32.6 Å². The van der Waals surface area contributed by atoms with Crippen LogP contribution in [0.15, 0.2) is 41.3 Å². The zero-order chi connectivity index (χ0) is 35.0. The Morgan fingerprint density at radius 2 is 1.90 bits per heavy atom. The van der Waals surface area contributed by atoms with Crippen molar-refractivity contribution >= 4 is 46.1 Å². The van der Waals surface area contributed by atoms with Crippen molar-refractivity contribution in [3.8, 4) is 5.75 Å². The van der Waals surface area contributed by atoms with E-state index in [2.05, 4.69) is 20.4 Å². The third-order valence-corrected chi connectivity index (χ3v) is 8.81.